The van der Waals surface area contributed by atoms with Crippen molar-refractivity contribution in [1.82, 2.24) is 19.9 Å². The van der Waals surface area contributed by atoms with Crippen LogP contribution < -0.4 is 5.32 Å². The molecule has 2 aromatic rings. The highest BCUT2D eigenvalue weighted by Gasteiger charge is 2.12. The molecule has 2 heterocycles. The number of aromatic nitrogens is 3. The fourth-order valence-electron chi connectivity index (χ4n) is 1.84. The second-order valence-corrected chi connectivity index (χ2v) is 4.09. The molecule has 0 aliphatic carbocycles. The normalized spacial score (nSPS) is 10.8. The van der Waals surface area contributed by atoms with Crippen LogP contribution in [0.4, 0.5) is 0 Å². The van der Waals surface area contributed by atoms with Crippen molar-refractivity contribution in [2.75, 3.05) is 13.6 Å². The summed E-state index contributed by atoms with van der Waals surface area (Å²) < 4.78 is 2.14. The first-order valence-corrected chi connectivity index (χ1v) is 5.82. The third-order valence-corrected chi connectivity index (χ3v) is 2.98. The quantitative estimate of drug-likeness (QED) is 0.866. The number of likely N-dealkylation sites (N-methyl/N-ethyl adjacent to an activating group) is 1. The number of hydrogen-bond donors (Lipinski definition) is 1. The second kappa shape index (κ2) is 5.10. The van der Waals surface area contributed by atoms with Crippen molar-refractivity contribution in [1.29, 1.82) is 0 Å². The summed E-state index contributed by atoms with van der Waals surface area (Å²) in [5, 5.41) is 3.14. The van der Waals surface area contributed by atoms with Gasteiger partial charge in [0.05, 0.1) is 5.69 Å². The lowest BCUT2D eigenvalue weighted by atomic mass is 10.2. The molecule has 0 spiro atoms. The van der Waals surface area contributed by atoms with Gasteiger partial charge in [-0.2, -0.15) is 0 Å². The minimum absolute atomic E-state index is 0.931. The van der Waals surface area contributed by atoms with Crippen molar-refractivity contribution in [3.05, 3.63) is 35.9 Å². The van der Waals surface area contributed by atoms with E-state index in [1.54, 1.807) is 6.20 Å². The zero-order valence-electron chi connectivity index (χ0n) is 10.6. The van der Waals surface area contributed by atoms with E-state index < -0.39 is 0 Å². The molecule has 0 fully saturated rings. The van der Waals surface area contributed by atoms with Crippen LogP contribution in [-0.2, 0) is 13.5 Å². The first-order valence-electron chi connectivity index (χ1n) is 5.82. The van der Waals surface area contributed by atoms with Crippen molar-refractivity contribution in [3.63, 3.8) is 0 Å². The number of nitrogens with one attached hydrogen (secondary N) is 1. The van der Waals surface area contributed by atoms with Crippen LogP contribution in [0.1, 0.15) is 11.5 Å². The van der Waals surface area contributed by atoms with Gasteiger partial charge in [-0.05, 0) is 26.1 Å². The molecule has 0 amide bonds. The van der Waals surface area contributed by atoms with E-state index in [2.05, 4.69) is 33.8 Å². The Labute approximate surface area is 102 Å². The number of hydrogen-bond acceptors (Lipinski definition) is 3. The fourth-order valence-corrected chi connectivity index (χ4v) is 1.84. The van der Waals surface area contributed by atoms with Gasteiger partial charge in [-0.15, -0.1) is 0 Å². The summed E-state index contributed by atoms with van der Waals surface area (Å²) in [4.78, 5) is 9.03. The van der Waals surface area contributed by atoms with E-state index in [4.69, 9.17) is 0 Å². The van der Waals surface area contributed by atoms with E-state index in [0.717, 1.165) is 35.9 Å². The number of pyridine rings is 1. The Morgan fingerprint density at radius 1 is 1.35 bits per heavy atom. The lowest BCUT2D eigenvalue weighted by Gasteiger charge is -2.02. The van der Waals surface area contributed by atoms with Crippen LogP contribution in [0.15, 0.2) is 24.4 Å². The van der Waals surface area contributed by atoms with Gasteiger partial charge >= 0.3 is 0 Å². The van der Waals surface area contributed by atoms with Crippen LogP contribution in [0.5, 0.6) is 0 Å². The molecule has 0 aliphatic rings. The smallest absolute Gasteiger partial charge is 0.110 e. The van der Waals surface area contributed by atoms with Crippen LogP contribution >= 0.6 is 0 Å². The standard InChI is InChI=1S/C13H18N4/c1-10-13(11-6-4-5-8-15-11)16-12(17(10)3)7-9-14-2/h4-6,8,14H,7,9H2,1-3H3. The first kappa shape index (κ1) is 11.8. The van der Waals surface area contributed by atoms with Gasteiger partial charge in [0, 0.05) is 31.9 Å². The molecule has 0 atom stereocenters. The van der Waals surface area contributed by atoms with E-state index in [-0.39, 0.29) is 0 Å². The van der Waals surface area contributed by atoms with Crippen molar-refractivity contribution in [2.45, 2.75) is 13.3 Å². The molecular weight excluding hydrogens is 212 g/mol. The number of imidazole rings is 1. The van der Waals surface area contributed by atoms with Crippen LogP contribution in [0, 0.1) is 6.92 Å². The fraction of sp³-hybridized carbons (Fsp3) is 0.385. The van der Waals surface area contributed by atoms with E-state index in [0.29, 0.717) is 0 Å². The first-order chi connectivity index (χ1) is 8.24. The molecule has 1 N–H and O–H groups in total. The SMILES string of the molecule is CNCCc1nc(-c2ccccn2)c(C)n1C. The molecule has 0 radical (unpaired) electrons. The minimum Gasteiger partial charge on any atom is -0.335 e. The Kier molecular flexibility index (Phi) is 3.54. The maximum absolute atomic E-state index is 4.68. The average Bonchev–Trinajstić information content (AvgIpc) is 2.65. The summed E-state index contributed by atoms with van der Waals surface area (Å²) in [5.41, 5.74) is 3.09. The van der Waals surface area contributed by atoms with Crippen molar-refractivity contribution in [3.8, 4) is 11.4 Å². The van der Waals surface area contributed by atoms with E-state index in [1.165, 1.54) is 0 Å². The lowest BCUT2D eigenvalue weighted by molar-refractivity contribution is 0.710. The summed E-state index contributed by atoms with van der Waals surface area (Å²) in [6, 6.07) is 5.91. The molecule has 0 bridgehead atoms. The van der Waals surface area contributed by atoms with Crippen molar-refractivity contribution >= 4 is 0 Å². The molecule has 4 nitrogen and oxygen atoms in total. The summed E-state index contributed by atoms with van der Waals surface area (Å²) in [5.74, 6) is 1.09. The van der Waals surface area contributed by atoms with E-state index in [9.17, 15) is 0 Å². The van der Waals surface area contributed by atoms with Crippen molar-refractivity contribution in [2.24, 2.45) is 7.05 Å². The second-order valence-electron chi connectivity index (χ2n) is 4.09. The molecule has 2 rings (SSSR count). The molecule has 0 aliphatic heterocycles. The van der Waals surface area contributed by atoms with Gasteiger partial charge in [0.2, 0.25) is 0 Å². The van der Waals surface area contributed by atoms with Gasteiger partial charge in [-0.25, -0.2) is 4.98 Å². The monoisotopic (exact) mass is 230 g/mol. The number of nitrogens with zero attached hydrogens (tertiary/aromatic N) is 3. The Morgan fingerprint density at radius 3 is 2.82 bits per heavy atom. The molecule has 0 saturated carbocycles. The van der Waals surface area contributed by atoms with Gasteiger partial charge in [0.1, 0.15) is 11.5 Å². The average molecular weight is 230 g/mol. The Hall–Kier alpha value is -1.68. The molecule has 0 aromatic carbocycles. The predicted octanol–water partition coefficient (Wildman–Crippen LogP) is 1.55. The summed E-state index contributed by atoms with van der Waals surface area (Å²) in [7, 11) is 4.01. The molecular formula is C13H18N4. The third-order valence-electron chi connectivity index (χ3n) is 2.98. The topological polar surface area (TPSA) is 42.7 Å². The highest BCUT2D eigenvalue weighted by molar-refractivity contribution is 5.57. The lowest BCUT2D eigenvalue weighted by Crippen LogP contribution is -2.13. The largest absolute Gasteiger partial charge is 0.335 e. The van der Waals surface area contributed by atoms with Crippen LogP contribution in [0.2, 0.25) is 0 Å². The molecule has 0 unspecified atom stereocenters. The number of rotatable bonds is 4. The van der Waals surface area contributed by atoms with Gasteiger partial charge < -0.3 is 9.88 Å². The summed E-state index contributed by atoms with van der Waals surface area (Å²) in [6.45, 7) is 3.02. The van der Waals surface area contributed by atoms with Gasteiger partial charge in [-0.3, -0.25) is 4.98 Å². The zero-order valence-corrected chi connectivity index (χ0v) is 10.6. The highest BCUT2D eigenvalue weighted by atomic mass is 15.1. The Balaban J connectivity index is 2.36. The third kappa shape index (κ3) is 2.36. The Morgan fingerprint density at radius 2 is 2.18 bits per heavy atom. The van der Waals surface area contributed by atoms with Crippen LogP contribution in [-0.4, -0.2) is 28.1 Å². The molecule has 17 heavy (non-hydrogen) atoms. The Bertz CT molecular complexity index is 488. The van der Waals surface area contributed by atoms with Crippen molar-refractivity contribution < 1.29 is 0 Å². The van der Waals surface area contributed by atoms with E-state index in [1.807, 2.05) is 25.2 Å². The van der Waals surface area contributed by atoms with Crippen LogP contribution in [0.3, 0.4) is 0 Å². The van der Waals surface area contributed by atoms with Gasteiger partial charge in [-0.1, -0.05) is 6.07 Å². The van der Waals surface area contributed by atoms with Gasteiger partial charge in [0.15, 0.2) is 0 Å². The molecule has 0 saturated heterocycles. The maximum Gasteiger partial charge on any atom is 0.110 e. The van der Waals surface area contributed by atoms with Crippen LogP contribution in [0.25, 0.3) is 11.4 Å². The van der Waals surface area contributed by atoms with Gasteiger partial charge in [0.25, 0.3) is 0 Å². The molecule has 2 aromatic heterocycles. The predicted molar refractivity (Wildman–Crippen MR) is 68.8 cm³/mol. The minimum atomic E-state index is 0.931. The maximum atomic E-state index is 4.68. The zero-order chi connectivity index (χ0) is 12.3. The highest BCUT2D eigenvalue weighted by Crippen LogP contribution is 2.20. The summed E-state index contributed by atoms with van der Waals surface area (Å²) in [6.07, 6.45) is 2.73. The molecule has 4 heteroatoms. The molecule has 90 valence electrons. The van der Waals surface area contributed by atoms with E-state index >= 15 is 0 Å². The summed E-state index contributed by atoms with van der Waals surface area (Å²) >= 11 is 0.